The maximum atomic E-state index is 6.09. The van der Waals surface area contributed by atoms with Crippen LogP contribution in [0.4, 0.5) is 5.82 Å². The van der Waals surface area contributed by atoms with Gasteiger partial charge in [-0.05, 0) is 40.8 Å². The van der Waals surface area contributed by atoms with E-state index in [2.05, 4.69) is 50.2 Å². The Morgan fingerprint density at radius 1 is 1.08 bits per heavy atom. The first-order valence-electron chi connectivity index (χ1n) is 8.35. The molecule has 124 valence electrons. The largest absolute Gasteiger partial charge is 0.493 e. The molecule has 4 aromatic rings. The molecule has 0 saturated carbocycles. The number of fused-ring (bicyclic) bond motifs is 4. The Bertz CT molecular complexity index is 1060. The lowest BCUT2D eigenvalue weighted by Gasteiger charge is -2.20. The van der Waals surface area contributed by atoms with Crippen molar-refractivity contribution in [3.05, 3.63) is 54.1 Å². The normalized spacial score (nSPS) is 17.0. The molecule has 1 aliphatic rings. The number of nitrogens with zero attached hydrogens (tertiary/aromatic N) is 5. The molecule has 2 aromatic carbocycles. The van der Waals surface area contributed by atoms with Crippen LogP contribution in [-0.2, 0) is 0 Å². The van der Waals surface area contributed by atoms with Crippen molar-refractivity contribution in [2.24, 2.45) is 0 Å². The number of rotatable bonds is 2. The first-order valence-corrected chi connectivity index (χ1v) is 8.35. The summed E-state index contributed by atoms with van der Waals surface area (Å²) in [6.07, 6.45) is 1.95. The van der Waals surface area contributed by atoms with Gasteiger partial charge in [0.2, 0.25) is 0 Å². The molecule has 1 N–H and O–H groups in total. The molecule has 0 fully saturated rings. The Hall–Kier alpha value is -3.22. The summed E-state index contributed by atoms with van der Waals surface area (Å²) in [5.41, 5.74) is 1.79. The van der Waals surface area contributed by atoms with Crippen molar-refractivity contribution >= 4 is 22.2 Å². The van der Waals surface area contributed by atoms with Gasteiger partial charge in [0.05, 0.1) is 12.6 Å². The van der Waals surface area contributed by atoms with Gasteiger partial charge in [-0.1, -0.05) is 36.4 Å². The molecule has 1 unspecified atom stereocenters. The van der Waals surface area contributed by atoms with Crippen molar-refractivity contribution in [2.75, 3.05) is 11.9 Å². The lowest BCUT2D eigenvalue weighted by Crippen LogP contribution is -2.12. The van der Waals surface area contributed by atoms with E-state index in [0.29, 0.717) is 5.65 Å². The smallest absolute Gasteiger partial charge is 0.200 e. The maximum absolute atomic E-state index is 6.09. The highest BCUT2D eigenvalue weighted by atomic mass is 16.5. The van der Waals surface area contributed by atoms with Crippen LogP contribution in [0.5, 0.6) is 5.75 Å². The highest BCUT2D eigenvalue weighted by Crippen LogP contribution is 2.38. The van der Waals surface area contributed by atoms with Crippen LogP contribution >= 0.6 is 0 Å². The summed E-state index contributed by atoms with van der Waals surface area (Å²) in [6, 6.07) is 16.5. The number of aromatic nitrogens is 5. The lowest BCUT2D eigenvalue weighted by atomic mass is 9.98. The zero-order chi connectivity index (χ0) is 16.6. The number of ether oxygens (including phenoxy) is 1. The Labute approximate surface area is 143 Å². The Kier molecular flexibility index (Phi) is 3.22. The molecule has 5 rings (SSSR count). The van der Waals surface area contributed by atoms with Crippen LogP contribution in [0.25, 0.3) is 16.4 Å². The summed E-state index contributed by atoms with van der Waals surface area (Å²) in [5, 5.41) is 21.6. The van der Waals surface area contributed by atoms with E-state index in [4.69, 9.17) is 4.74 Å². The van der Waals surface area contributed by atoms with Gasteiger partial charge in [0.1, 0.15) is 11.6 Å². The second kappa shape index (κ2) is 5.70. The minimum absolute atomic E-state index is 0.128. The van der Waals surface area contributed by atoms with Crippen LogP contribution in [0.15, 0.2) is 48.5 Å². The first kappa shape index (κ1) is 14.2. The van der Waals surface area contributed by atoms with Crippen molar-refractivity contribution in [3.8, 4) is 5.75 Å². The molecule has 0 saturated heterocycles. The fraction of sp³-hybridized carbons (Fsp3) is 0.222. The van der Waals surface area contributed by atoms with Gasteiger partial charge in [-0.25, -0.2) is 0 Å². The summed E-state index contributed by atoms with van der Waals surface area (Å²) in [6.45, 7) is 0.721. The monoisotopic (exact) mass is 332 g/mol. The van der Waals surface area contributed by atoms with Gasteiger partial charge in [0.25, 0.3) is 0 Å². The summed E-state index contributed by atoms with van der Waals surface area (Å²) in [4.78, 5) is 0. The SMILES string of the molecule is c1ccc2c3c(ccc2c1)C(Nc1ccc2nnnn2n1)CCCO3. The fourth-order valence-electron chi connectivity index (χ4n) is 3.37. The number of hydrogen-bond acceptors (Lipinski definition) is 6. The molecule has 2 aromatic heterocycles. The van der Waals surface area contributed by atoms with Gasteiger partial charge in [0, 0.05) is 10.9 Å². The van der Waals surface area contributed by atoms with E-state index < -0.39 is 0 Å². The van der Waals surface area contributed by atoms with Crippen LogP contribution in [0, 0.1) is 0 Å². The second-order valence-electron chi connectivity index (χ2n) is 6.14. The van der Waals surface area contributed by atoms with Crippen LogP contribution in [0.1, 0.15) is 24.4 Å². The lowest BCUT2D eigenvalue weighted by molar-refractivity contribution is 0.320. The summed E-state index contributed by atoms with van der Waals surface area (Å²) >= 11 is 0. The second-order valence-corrected chi connectivity index (χ2v) is 6.14. The topological polar surface area (TPSA) is 77.2 Å². The molecule has 7 nitrogen and oxygen atoms in total. The summed E-state index contributed by atoms with van der Waals surface area (Å²) < 4.78 is 7.52. The molecule has 3 heterocycles. The van der Waals surface area contributed by atoms with Crippen molar-refractivity contribution in [1.29, 1.82) is 0 Å². The minimum Gasteiger partial charge on any atom is -0.493 e. The van der Waals surface area contributed by atoms with Gasteiger partial charge in [-0.3, -0.25) is 0 Å². The predicted octanol–water partition coefficient (Wildman–Crippen LogP) is 3.00. The van der Waals surface area contributed by atoms with Gasteiger partial charge in [-0.15, -0.1) is 14.8 Å². The number of nitrogens with one attached hydrogen (secondary N) is 1. The van der Waals surface area contributed by atoms with Gasteiger partial charge in [-0.2, -0.15) is 0 Å². The Morgan fingerprint density at radius 3 is 3.04 bits per heavy atom. The van der Waals surface area contributed by atoms with Crippen LogP contribution in [-0.4, -0.2) is 31.9 Å². The molecule has 1 aliphatic heterocycles. The highest BCUT2D eigenvalue weighted by molar-refractivity contribution is 5.90. The first-order chi connectivity index (χ1) is 12.4. The molecule has 1 atom stereocenters. The quantitative estimate of drug-likeness (QED) is 0.608. The predicted molar refractivity (Wildman–Crippen MR) is 93.6 cm³/mol. The molecule has 7 heteroatoms. The van der Waals surface area contributed by atoms with Crippen LogP contribution < -0.4 is 10.1 Å². The van der Waals surface area contributed by atoms with E-state index in [9.17, 15) is 0 Å². The zero-order valence-electron chi connectivity index (χ0n) is 13.5. The number of anilines is 1. The van der Waals surface area contributed by atoms with E-state index in [1.54, 1.807) is 0 Å². The molecule has 0 bridgehead atoms. The number of hydrogen-bond donors (Lipinski definition) is 1. The van der Waals surface area contributed by atoms with E-state index in [1.165, 1.54) is 10.0 Å². The molecule has 0 radical (unpaired) electrons. The molecule has 0 aliphatic carbocycles. The van der Waals surface area contributed by atoms with Crippen molar-refractivity contribution in [1.82, 2.24) is 25.3 Å². The Balaban J connectivity index is 1.56. The van der Waals surface area contributed by atoms with Crippen LogP contribution in [0.3, 0.4) is 0 Å². The zero-order valence-corrected chi connectivity index (χ0v) is 13.5. The minimum atomic E-state index is 0.128. The third kappa shape index (κ3) is 2.44. The third-order valence-corrected chi connectivity index (χ3v) is 4.56. The number of benzene rings is 2. The van der Waals surface area contributed by atoms with E-state index >= 15 is 0 Å². The van der Waals surface area contributed by atoms with Crippen molar-refractivity contribution in [2.45, 2.75) is 18.9 Å². The molecule has 25 heavy (non-hydrogen) atoms. The van der Waals surface area contributed by atoms with Crippen molar-refractivity contribution in [3.63, 3.8) is 0 Å². The summed E-state index contributed by atoms with van der Waals surface area (Å²) in [5.74, 6) is 1.71. The molecule has 0 spiro atoms. The van der Waals surface area contributed by atoms with E-state index in [0.717, 1.165) is 42.0 Å². The van der Waals surface area contributed by atoms with Crippen molar-refractivity contribution < 1.29 is 4.74 Å². The average molecular weight is 332 g/mol. The Morgan fingerprint density at radius 2 is 2.04 bits per heavy atom. The maximum Gasteiger partial charge on any atom is 0.200 e. The third-order valence-electron chi connectivity index (χ3n) is 4.56. The molecule has 0 amide bonds. The molecular formula is C18H16N6O. The van der Waals surface area contributed by atoms with Gasteiger partial charge < -0.3 is 10.1 Å². The number of tetrazole rings is 1. The van der Waals surface area contributed by atoms with E-state index in [1.807, 2.05) is 24.3 Å². The molecular weight excluding hydrogens is 316 g/mol. The van der Waals surface area contributed by atoms with E-state index in [-0.39, 0.29) is 6.04 Å². The average Bonchev–Trinajstić information content (AvgIpc) is 3.02. The van der Waals surface area contributed by atoms with Gasteiger partial charge in [0.15, 0.2) is 5.65 Å². The highest BCUT2D eigenvalue weighted by Gasteiger charge is 2.22. The van der Waals surface area contributed by atoms with Gasteiger partial charge >= 0.3 is 0 Å². The summed E-state index contributed by atoms with van der Waals surface area (Å²) in [7, 11) is 0. The fourth-order valence-corrected chi connectivity index (χ4v) is 3.37. The standard InChI is InChI=1S/C18H16N6O/c1-2-5-13-12(4-1)7-8-14-15(6-3-11-25-18(13)14)19-16-9-10-17-20-22-23-24(17)21-16/h1-2,4-5,7-10,15H,3,6,11H2,(H,19,21). The van der Waals surface area contributed by atoms with Crippen LogP contribution in [0.2, 0.25) is 0 Å².